The molecule has 2 atom stereocenters. The topological polar surface area (TPSA) is 41.6 Å². The molecule has 1 aliphatic rings. The van der Waals surface area contributed by atoms with Gasteiger partial charge in [0.25, 0.3) is 0 Å². The number of hydrogen-bond donors (Lipinski definition) is 1. The number of carbonyl (C=O) groups excluding carboxylic acids is 1. The highest BCUT2D eigenvalue weighted by Gasteiger charge is 2.32. The molecule has 2 rings (SSSR count). The predicted molar refractivity (Wildman–Crippen MR) is 74.9 cm³/mol. The van der Waals surface area contributed by atoms with Crippen LogP contribution in [-0.4, -0.2) is 37.6 Å². The van der Waals surface area contributed by atoms with E-state index < -0.39 is 0 Å². The summed E-state index contributed by atoms with van der Waals surface area (Å²) in [5.41, 5.74) is 1.02. The van der Waals surface area contributed by atoms with E-state index >= 15 is 0 Å². The molecule has 104 valence electrons. The van der Waals surface area contributed by atoms with Crippen LogP contribution in [0.4, 0.5) is 0 Å². The van der Waals surface area contributed by atoms with E-state index in [4.69, 9.17) is 16.3 Å². The molecular formula is C14H19ClN2O2. The maximum atomic E-state index is 12.0. The molecule has 0 radical (unpaired) electrons. The van der Waals surface area contributed by atoms with E-state index in [1.54, 1.807) is 7.11 Å². The summed E-state index contributed by atoms with van der Waals surface area (Å²) in [5, 5.41) is 3.91. The third kappa shape index (κ3) is 3.47. The number of ether oxygens (including phenoxy) is 1. The summed E-state index contributed by atoms with van der Waals surface area (Å²) in [6.07, 6.45) is -0.0921. The molecule has 2 unspecified atom stereocenters. The summed E-state index contributed by atoms with van der Waals surface area (Å²) in [6, 6.07) is 7.61. The van der Waals surface area contributed by atoms with Crippen molar-refractivity contribution in [3.05, 3.63) is 34.9 Å². The first-order valence-electron chi connectivity index (χ1n) is 6.39. The van der Waals surface area contributed by atoms with Crippen LogP contribution >= 0.6 is 11.6 Å². The summed E-state index contributed by atoms with van der Waals surface area (Å²) in [7, 11) is 1.68. The van der Waals surface area contributed by atoms with Gasteiger partial charge in [-0.05, 0) is 23.6 Å². The zero-order valence-corrected chi connectivity index (χ0v) is 12.0. The fourth-order valence-electron chi connectivity index (χ4n) is 2.39. The SMILES string of the molecule is COCC(C)CN1C(=O)CNC1c1cccc(Cl)c1. The highest BCUT2D eigenvalue weighted by atomic mass is 35.5. The maximum absolute atomic E-state index is 12.0. The lowest BCUT2D eigenvalue weighted by Gasteiger charge is -2.27. The third-order valence-electron chi connectivity index (χ3n) is 3.20. The molecule has 1 heterocycles. The lowest BCUT2D eigenvalue weighted by atomic mass is 10.1. The van der Waals surface area contributed by atoms with E-state index in [0.29, 0.717) is 30.6 Å². The molecule has 5 heteroatoms. The van der Waals surface area contributed by atoms with Crippen LogP contribution < -0.4 is 5.32 Å². The number of nitrogens with zero attached hydrogens (tertiary/aromatic N) is 1. The van der Waals surface area contributed by atoms with Gasteiger partial charge in [0.1, 0.15) is 6.17 Å². The molecule has 0 bridgehead atoms. The van der Waals surface area contributed by atoms with Gasteiger partial charge >= 0.3 is 0 Å². The Morgan fingerprint density at radius 1 is 1.58 bits per heavy atom. The number of methoxy groups -OCH3 is 1. The summed E-state index contributed by atoms with van der Waals surface area (Å²) in [4.78, 5) is 13.8. The van der Waals surface area contributed by atoms with Crippen LogP contribution in [0.2, 0.25) is 5.02 Å². The second kappa shape index (κ2) is 6.37. The maximum Gasteiger partial charge on any atom is 0.238 e. The van der Waals surface area contributed by atoms with Crippen molar-refractivity contribution in [3.8, 4) is 0 Å². The molecule has 1 aliphatic heterocycles. The fourth-order valence-corrected chi connectivity index (χ4v) is 2.59. The number of rotatable bonds is 5. The third-order valence-corrected chi connectivity index (χ3v) is 3.44. The smallest absolute Gasteiger partial charge is 0.238 e. The number of nitrogens with one attached hydrogen (secondary N) is 1. The van der Waals surface area contributed by atoms with Crippen LogP contribution in [0.3, 0.4) is 0 Å². The molecule has 0 saturated carbocycles. The highest BCUT2D eigenvalue weighted by Crippen LogP contribution is 2.25. The van der Waals surface area contributed by atoms with E-state index in [-0.39, 0.29) is 12.1 Å². The molecule has 1 fully saturated rings. The molecule has 0 aliphatic carbocycles. The zero-order chi connectivity index (χ0) is 13.8. The summed E-state index contributed by atoms with van der Waals surface area (Å²) < 4.78 is 5.13. The first kappa shape index (κ1) is 14.3. The standard InChI is InChI=1S/C14H19ClN2O2/c1-10(9-19-2)8-17-13(18)7-16-14(17)11-4-3-5-12(15)6-11/h3-6,10,14,16H,7-9H2,1-2H3. The van der Waals surface area contributed by atoms with Crippen molar-refractivity contribution in [1.29, 1.82) is 0 Å². The summed E-state index contributed by atoms with van der Waals surface area (Å²) in [6.45, 7) is 3.77. The van der Waals surface area contributed by atoms with Crippen molar-refractivity contribution in [2.45, 2.75) is 13.1 Å². The minimum atomic E-state index is -0.0921. The van der Waals surface area contributed by atoms with E-state index in [1.165, 1.54) is 0 Å². The Bertz CT molecular complexity index is 453. The minimum Gasteiger partial charge on any atom is -0.384 e. The van der Waals surface area contributed by atoms with Gasteiger partial charge in [-0.1, -0.05) is 30.7 Å². The molecular weight excluding hydrogens is 264 g/mol. The Morgan fingerprint density at radius 3 is 3.05 bits per heavy atom. The summed E-state index contributed by atoms with van der Waals surface area (Å²) >= 11 is 6.01. The number of amides is 1. The van der Waals surface area contributed by atoms with Gasteiger partial charge in [-0.3, -0.25) is 10.1 Å². The Morgan fingerprint density at radius 2 is 2.37 bits per heavy atom. The largest absolute Gasteiger partial charge is 0.384 e. The molecule has 1 saturated heterocycles. The quantitative estimate of drug-likeness (QED) is 0.899. The Kier molecular flexibility index (Phi) is 4.80. The predicted octanol–water partition coefficient (Wildman–Crippen LogP) is 2.05. The van der Waals surface area contributed by atoms with Gasteiger partial charge in [0.15, 0.2) is 0 Å². The number of carbonyl (C=O) groups is 1. The van der Waals surface area contributed by atoms with E-state index in [9.17, 15) is 4.79 Å². The normalized spacial score (nSPS) is 20.9. The van der Waals surface area contributed by atoms with Gasteiger partial charge in [0, 0.05) is 18.7 Å². The van der Waals surface area contributed by atoms with Crippen molar-refractivity contribution in [2.24, 2.45) is 5.92 Å². The van der Waals surface area contributed by atoms with Gasteiger partial charge in [-0.25, -0.2) is 0 Å². The van der Waals surface area contributed by atoms with Crippen LogP contribution in [0, 0.1) is 5.92 Å². The molecule has 1 aromatic rings. The van der Waals surface area contributed by atoms with E-state index in [0.717, 1.165) is 5.56 Å². The second-order valence-corrected chi connectivity index (χ2v) is 5.38. The number of benzene rings is 1. The molecule has 19 heavy (non-hydrogen) atoms. The highest BCUT2D eigenvalue weighted by molar-refractivity contribution is 6.30. The summed E-state index contributed by atoms with van der Waals surface area (Å²) in [5.74, 6) is 0.420. The molecule has 4 nitrogen and oxygen atoms in total. The lowest BCUT2D eigenvalue weighted by Crippen LogP contribution is -2.35. The van der Waals surface area contributed by atoms with E-state index in [2.05, 4.69) is 12.2 Å². The molecule has 0 aromatic heterocycles. The Hall–Kier alpha value is -1.10. The first-order valence-corrected chi connectivity index (χ1v) is 6.77. The van der Waals surface area contributed by atoms with Gasteiger partial charge in [0.2, 0.25) is 5.91 Å². The van der Waals surface area contributed by atoms with Gasteiger partial charge in [-0.15, -0.1) is 0 Å². The average molecular weight is 283 g/mol. The van der Waals surface area contributed by atoms with Crippen molar-refractivity contribution in [2.75, 3.05) is 26.8 Å². The van der Waals surface area contributed by atoms with Crippen LogP contribution in [0.25, 0.3) is 0 Å². The molecule has 0 spiro atoms. The van der Waals surface area contributed by atoms with Crippen LogP contribution in [0.1, 0.15) is 18.7 Å². The number of halogens is 1. The van der Waals surface area contributed by atoms with Gasteiger partial charge in [0.05, 0.1) is 13.2 Å². The molecule has 1 N–H and O–H groups in total. The van der Waals surface area contributed by atoms with Crippen molar-refractivity contribution < 1.29 is 9.53 Å². The van der Waals surface area contributed by atoms with Crippen molar-refractivity contribution in [3.63, 3.8) is 0 Å². The number of hydrogen-bond acceptors (Lipinski definition) is 3. The lowest BCUT2D eigenvalue weighted by molar-refractivity contribution is -0.128. The van der Waals surface area contributed by atoms with Crippen LogP contribution in [0.5, 0.6) is 0 Å². The minimum absolute atomic E-state index is 0.0921. The monoisotopic (exact) mass is 282 g/mol. The fraction of sp³-hybridized carbons (Fsp3) is 0.500. The Balaban J connectivity index is 2.13. The van der Waals surface area contributed by atoms with Crippen LogP contribution in [-0.2, 0) is 9.53 Å². The molecule has 1 amide bonds. The zero-order valence-electron chi connectivity index (χ0n) is 11.2. The first-order chi connectivity index (χ1) is 9.11. The van der Waals surface area contributed by atoms with Crippen molar-refractivity contribution >= 4 is 17.5 Å². The van der Waals surface area contributed by atoms with Gasteiger partial charge < -0.3 is 9.64 Å². The molecule has 1 aromatic carbocycles. The second-order valence-electron chi connectivity index (χ2n) is 4.95. The van der Waals surface area contributed by atoms with Gasteiger partial charge in [-0.2, -0.15) is 0 Å². The van der Waals surface area contributed by atoms with Crippen molar-refractivity contribution in [1.82, 2.24) is 10.2 Å². The average Bonchev–Trinajstić information content (AvgIpc) is 2.71. The van der Waals surface area contributed by atoms with E-state index in [1.807, 2.05) is 29.2 Å². The Labute approximate surface area is 118 Å². The van der Waals surface area contributed by atoms with Crippen LogP contribution in [0.15, 0.2) is 24.3 Å².